The summed E-state index contributed by atoms with van der Waals surface area (Å²) in [7, 11) is 0. The maximum Gasteiger partial charge on any atom is 0.412 e. The fourth-order valence-electron chi connectivity index (χ4n) is 2.02. The van der Waals surface area contributed by atoms with Gasteiger partial charge in [0.25, 0.3) is 0 Å². The summed E-state index contributed by atoms with van der Waals surface area (Å²) in [5.74, 6) is -4.48. The van der Waals surface area contributed by atoms with Crippen molar-refractivity contribution < 1.29 is 38.5 Å². The van der Waals surface area contributed by atoms with E-state index in [-0.39, 0.29) is 12.1 Å². The predicted molar refractivity (Wildman–Crippen MR) is 90.9 cm³/mol. The van der Waals surface area contributed by atoms with Gasteiger partial charge >= 0.3 is 18.0 Å². The number of aromatic nitrogens is 1. The van der Waals surface area contributed by atoms with Crippen molar-refractivity contribution >= 4 is 35.9 Å². The second-order valence-electron chi connectivity index (χ2n) is 6.46. The molecule has 0 aliphatic rings. The van der Waals surface area contributed by atoms with E-state index in [0.29, 0.717) is 4.90 Å². The lowest BCUT2D eigenvalue weighted by molar-refractivity contribution is -0.140. The van der Waals surface area contributed by atoms with Gasteiger partial charge in [-0.2, -0.15) is 0 Å². The Labute approximate surface area is 153 Å². The zero-order valence-corrected chi connectivity index (χ0v) is 14.9. The summed E-state index contributed by atoms with van der Waals surface area (Å²) in [6.07, 6.45) is -0.778. The number of carboxylic acids is 2. The lowest BCUT2D eigenvalue weighted by Gasteiger charge is -2.24. The largest absolute Gasteiger partial charge is 0.481 e. The van der Waals surface area contributed by atoms with Crippen molar-refractivity contribution in [3.05, 3.63) is 18.1 Å². The Kier molecular flexibility index (Phi) is 7.20. The maximum atomic E-state index is 14.3. The molecular weight excluding hydrogens is 365 g/mol. The maximum absolute atomic E-state index is 14.3. The summed E-state index contributed by atoms with van der Waals surface area (Å²) in [5.41, 5.74) is -0.850. The number of ether oxygens (including phenoxy) is 1. The van der Waals surface area contributed by atoms with Crippen LogP contribution in [0.25, 0.3) is 0 Å². The average molecular weight is 385 g/mol. The van der Waals surface area contributed by atoms with Crippen LogP contribution in [0.5, 0.6) is 0 Å². The Morgan fingerprint density at radius 2 is 2.00 bits per heavy atom. The molecule has 1 aromatic rings. The smallest absolute Gasteiger partial charge is 0.412 e. The van der Waals surface area contributed by atoms with E-state index in [4.69, 9.17) is 9.84 Å². The van der Waals surface area contributed by atoms with Crippen molar-refractivity contribution in [3.63, 3.8) is 0 Å². The number of nitrogens with one attached hydrogen (secondary N) is 1. The summed E-state index contributed by atoms with van der Waals surface area (Å²) in [5, 5.41) is 20.1. The zero-order chi connectivity index (χ0) is 20.8. The van der Waals surface area contributed by atoms with Crippen molar-refractivity contribution in [3.8, 4) is 0 Å². The highest BCUT2D eigenvalue weighted by molar-refractivity contribution is 5.88. The van der Waals surface area contributed by atoms with Crippen LogP contribution in [0, 0.1) is 5.82 Å². The molecule has 0 radical (unpaired) electrons. The summed E-state index contributed by atoms with van der Waals surface area (Å²) in [6.45, 7) is 4.92. The van der Waals surface area contributed by atoms with Gasteiger partial charge in [-0.25, -0.2) is 19.0 Å². The Balaban J connectivity index is 3.03. The van der Waals surface area contributed by atoms with Crippen molar-refractivity contribution in [1.29, 1.82) is 0 Å². The number of pyridine rings is 1. The van der Waals surface area contributed by atoms with Gasteiger partial charge in [0, 0.05) is 12.5 Å². The van der Waals surface area contributed by atoms with E-state index in [1.54, 1.807) is 20.8 Å². The highest BCUT2D eigenvalue weighted by Crippen LogP contribution is 2.23. The van der Waals surface area contributed by atoms with Gasteiger partial charge < -0.3 is 14.9 Å². The minimum Gasteiger partial charge on any atom is -0.481 e. The third-order valence-electron chi connectivity index (χ3n) is 3.08. The van der Waals surface area contributed by atoms with Gasteiger partial charge in [0.05, 0.1) is 11.9 Å². The Morgan fingerprint density at radius 3 is 2.44 bits per heavy atom. The molecule has 0 aliphatic heterocycles. The lowest BCUT2D eigenvalue weighted by Crippen LogP contribution is -2.42. The summed E-state index contributed by atoms with van der Waals surface area (Å²) < 4.78 is 19.3. The number of hydrogen-bond donors (Lipinski definition) is 3. The average Bonchev–Trinajstić information content (AvgIpc) is 2.49. The molecule has 11 heteroatoms. The molecule has 27 heavy (non-hydrogen) atoms. The van der Waals surface area contributed by atoms with Crippen LogP contribution in [0.1, 0.15) is 33.6 Å². The molecule has 0 spiro atoms. The third-order valence-corrected chi connectivity index (χ3v) is 3.08. The summed E-state index contributed by atoms with van der Waals surface area (Å²) in [4.78, 5) is 49.1. The van der Waals surface area contributed by atoms with Gasteiger partial charge in [-0.1, -0.05) is 0 Å². The SMILES string of the molecule is CC(C)(C)OC(=O)Nc1cnc(N(C=O)[C@@H](CCC(=O)O)C(=O)O)c(F)c1. The summed E-state index contributed by atoms with van der Waals surface area (Å²) >= 11 is 0. The van der Waals surface area contributed by atoms with Gasteiger partial charge in [-0.3, -0.25) is 19.8 Å². The van der Waals surface area contributed by atoms with Crippen molar-refractivity contribution in [2.75, 3.05) is 10.2 Å². The van der Waals surface area contributed by atoms with E-state index in [1.807, 2.05) is 0 Å². The van der Waals surface area contributed by atoms with Crippen LogP contribution in [0.3, 0.4) is 0 Å². The highest BCUT2D eigenvalue weighted by Gasteiger charge is 2.29. The van der Waals surface area contributed by atoms with Gasteiger partial charge in [-0.15, -0.1) is 0 Å². The fourth-order valence-corrected chi connectivity index (χ4v) is 2.02. The van der Waals surface area contributed by atoms with Crippen LogP contribution >= 0.6 is 0 Å². The molecule has 1 atom stereocenters. The second kappa shape index (κ2) is 8.92. The normalized spacial score (nSPS) is 12.0. The lowest BCUT2D eigenvalue weighted by atomic mass is 10.1. The van der Waals surface area contributed by atoms with Crippen LogP contribution < -0.4 is 10.2 Å². The third kappa shape index (κ3) is 6.88. The van der Waals surface area contributed by atoms with Gasteiger partial charge in [0.2, 0.25) is 6.41 Å². The van der Waals surface area contributed by atoms with Gasteiger partial charge in [-0.05, 0) is 27.2 Å². The molecule has 148 valence electrons. The first-order valence-corrected chi connectivity index (χ1v) is 7.78. The molecule has 0 fully saturated rings. The van der Waals surface area contributed by atoms with Gasteiger partial charge in [0.15, 0.2) is 11.6 Å². The van der Waals surface area contributed by atoms with Crippen LogP contribution in [0.15, 0.2) is 12.3 Å². The number of anilines is 2. The molecule has 0 aromatic carbocycles. The van der Waals surface area contributed by atoms with Crippen molar-refractivity contribution in [2.24, 2.45) is 0 Å². The van der Waals surface area contributed by atoms with Crippen LogP contribution in [0.2, 0.25) is 0 Å². The quantitative estimate of drug-likeness (QED) is 0.575. The minimum atomic E-state index is -1.62. The molecule has 0 bridgehead atoms. The molecule has 1 heterocycles. The zero-order valence-electron chi connectivity index (χ0n) is 14.9. The first-order valence-electron chi connectivity index (χ1n) is 7.78. The standard InChI is InChI=1S/C16H20FN3O7/c1-16(2,3)27-15(26)19-9-6-10(17)13(18-7-9)20(8-21)11(14(24)25)4-5-12(22)23/h6-8,11H,4-5H2,1-3H3,(H,19,26)(H,22,23)(H,24,25)/t11-/m0/s1. The molecule has 3 N–H and O–H groups in total. The van der Waals surface area contributed by atoms with E-state index >= 15 is 0 Å². The first-order chi connectivity index (χ1) is 12.4. The molecule has 0 saturated carbocycles. The number of halogens is 1. The predicted octanol–water partition coefficient (Wildman–Crippen LogP) is 1.85. The fraction of sp³-hybridized carbons (Fsp3) is 0.438. The van der Waals surface area contributed by atoms with Crippen LogP contribution in [0.4, 0.5) is 20.7 Å². The molecule has 2 amide bonds. The Morgan fingerprint density at radius 1 is 1.37 bits per heavy atom. The molecule has 0 saturated heterocycles. The number of hydrogen-bond acceptors (Lipinski definition) is 6. The first kappa shape index (κ1) is 21.8. The molecular formula is C16H20FN3O7. The minimum absolute atomic E-state index is 0.0486. The molecule has 1 rings (SSSR count). The van der Waals surface area contributed by atoms with E-state index in [0.717, 1.165) is 12.3 Å². The molecule has 1 aromatic heterocycles. The van der Waals surface area contributed by atoms with E-state index < -0.39 is 54.2 Å². The van der Waals surface area contributed by atoms with Crippen molar-refractivity contribution in [2.45, 2.75) is 45.3 Å². The molecule has 10 nitrogen and oxygen atoms in total. The monoisotopic (exact) mass is 385 g/mol. The number of carbonyl (C=O) groups is 4. The van der Waals surface area contributed by atoms with Crippen molar-refractivity contribution in [1.82, 2.24) is 4.98 Å². The second-order valence-corrected chi connectivity index (χ2v) is 6.46. The molecule has 0 aliphatic carbocycles. The van der Waals surface area contributed by atoms with Crippen LogP contribution in [-0.4, -0.2) is 51.3 Å². The van der Waals surface area contributed by atoms with Gasteiger partial charge in [0.1, 0.15) is 11.6 Å². The van der Waals surface area contributed by atoms with E-state index in [2.05, 4.69) is 10.3 Å². The number of aliphatic carboxylic acids is 2. The Bertz CT molecular complexity index is 733. The highest BCUT2D eigenvalue weighted by atomic mass is 19.1. The topological polar surface area (TPSA) is 146 Å². The molecule has 0 unspecified atom stereocenters. The van der Waals surface area contributed by atoms with E-state index in [1.165, 1.54) is 0 Å². The number of rotatable bonds is 8. The Hall–Kier alpha value is -3.24. The number of amides is 2. The number of carbonyl (C=O) groups excluding carboxylic acids is 2. The number of nitrogens with zero attached hydrogens (tertiary/aromatic N) is 2. The van der Waals surface area contributed by atoms with E-state index in [9.17, 15) is 28.7 Å². The van der Waals surface area contributed by atoms with Crippen LogP contribution in [-0.2, 0) is 19.1 Å². The number of carboxylic acid groups (broad SMARTS) is 2. The summed E-state index contributed by atoms with van der Waals surface area (Å²) in [6, 6.07) is -0.788.